The van der Waals surface area contributed by atoms with Gasteiger partial charge in [0, 0.05) is 23.3 Å². The number of amides is 1. The molecule has 166 valence electrons. The molecule has 9 nitrogen and oxygen atoms in total. The summed E-state index contributed by atoms with van der Waals surface area (Å²) in [4.78, 5) is 12.3. The zero-order chi connectivity index (χ0) is 22.6. The first-order valence-electron chi connectivity index (χ1n) is 10.5. The lowest BCUT2D eigenvalue weighted by molar-refractivity contribution is -0.121. The van der Waals surface area contributed by atoms with Crippen LogP contribution in [0.3, 0.4) is 0 Å². The first kappa shape index (κ1) is 20.5. The molecule has 5 rings (SSSR count). The van der Waals surface area contributed by atoms with Gasteiger partial charge >= 0.3 is 0 Å². The Kier molecular flexibility index (Phi) is 5.59. The number of carbonyl (C=O) groups is 1. The Morgan fingerprint density at radius 1 is 1.00 bits per heavy atom. The van der Waals surface area contributed by atoms with Crippen LogP contribution in [-0.4, -0.2) is 50.5 Å². The van der Waals surface area contributed by atoms with Crippen molar-refractivity contribution in [2.75, 3.05) is 20.3 Å². The van der Waals surface area contributed by atoms with Gasteiger partial charge in [0.15, 0.2) is 11.5 Å². The lowest BCUT2D eigenvalue weighted by Crippen LogP contribution is -2.31. The predicted octanol–water partition coefficient (Wildman–Crippen LogP) is 2.95. The molecular formula is C24H22N6O3. The molecule has 0 aliphatic carbocycles. The summed E-state index contributed by atoms with van der Waals surface area (Å²) in [6.07, 6.45) is 1.92. The number of fused-ring (bicyclic) bond motifs is 2. The molecule has 0 atom stereocenters. The van der Waals surface area contributed by atoms with Crippen LogP contribution in [0.1, 0.15) is 0 Å². The van der Waals surface area contributed by atoms with Crippen molar-refractivity contribution < 1.29 is 14.3 Å². The number of hydrogen-bond acceptors (Lipinski definition) is 6. The number of hydrogen-bond donors (Lipinski definition) is 1. The van der Waals surface area contributed by atoms with Crippen molar-refractivity contribution in [2.45, 2.75) is 6.54 Å². The molecule has 3 heterocycles. The highest BCUT2D eigenvalue weighted by molar-refractivity contribution is 5.83. The number of carbonyl (C=O) groups excluding carboxylic acids is 1. The maximum atomic E-state index is 12.3. The normalized spacial score (nSPS) is 11.1. The summed E-state index contributed by atoms with van der Waals surface area (Å²) < 4.78 is 14.5. The van der Waals surface area contributed by atoms with Crippen LogP contribution >= 0.6 is 0 Å². The minimum Gasteiger partial charge on any atom is -0.497 e. The third-order valence-electron chi connectivity index (χ3n) is 5.25. The van der Waals surface area contributed by atoms with Gasteiger partial charge in [-0.05, 0) is 47.9 Å². The Morgan fingerprint density at radius 2 is 1.85 bits per heavy atom. The van der Waals surface area contributed by atoms with Gasteiger partial charge in [-0.2, -0.15) is 4.52 Å². The average molecular weight is 442 g/mol. The number of rotatable bonds is 8. The fourth-order valence-corrected chi connectivity index (χ4v) is 3.60. The zero-order valence-electron chi connectivity index (χ0n) is 18.0. The number of nitrogens with zero attached hydrogens (tertiary/aromatic N) is 5. The average Bonchev–Trinajstić information content (AvgIpc) is 3.46. The molecular weight excluding hydrogens is 420 g/mol. The number of aromatic nitrogens is 5. The Bertz CT molecular complexity index is 1410. The first-order valence-corrected chi connectivity index (χ1v) is 10.5. The number of nitrogens with one attached hydrogen (secondary N) is 1. The second kappa shape index (κ2) is 8.99. The molecule has 0 radical (unpaired) electrons. The third kappa shape index (κ3) is 4.33. The van der Waals surface area contributed by atoms with Gasteiger partial charge in [0.05, 0.1) is 13.7 Å². The zero-order valence-corrected chi connectivity index (χ0v) is 18.0. The maximum absolute atomic E-state index is 12.3. The van der Waals surface area contributed by atoms with E-state index in [0.29, 0.717) is 23.9 Å². The Balaban J connectivity index is 1.19. The Labute approximate surface area is 189 Å². The molecule has 0 aliphatic heterocycles. The highest BCUT2D eigenvalue weighted by Gasteiger charge is 2.11. The van der Waals surface area contributed by atoms with Crippen molar-refractivity contribution >= 4 is 22.5 Å². The van der Waals surface area contributed by atoms with Gasteiger partial charge in [-0.3, -0.25) is 4.79 Å². The highest BCUT2D eigenvalue weighted by atomic mass is 16.5. The molecule has 2 aromatic carbocycles. The van der Waals surface area contributed by atoms with Gasteiger partial charge in [-0.25, -0.2) is 0 Å². The topological polar surface area (TPSA) is 95.6 Å². The SMILES string of the molecule is COc1ccc(-c2nnc3ccc(OCCNC(=O)Cn4ccc5ccccc54)nn23)cc1. The molecule has 1 amide bonds. The minimum atomic E-state index is -0.0797. The van der Waals surface area contributed by atoms with Crippen molar-refractivity contribution in [1.29, 1.82) is 0 Å². The summed E-state index contributed by atoms with van der Waals surface area (Å²) in [6, 6.07) is 21.0. The first-order chi connectivity index (χ1) is 16.2. The fourth-order valence-electron chi connectivity index (χ4n) is 3.60. The largest absolute Gasteiger partial charge is 0.497 e. The Hall–Kier alpha value is -4.40. The molecule has 0 saturated heterocycles. The van der Waals surface area contributed by atoms with E-state index in [1.54, 1.807) is 23.8 Å². The predicted molar refractivity (Wildman–Crippen MR) is 123 cm³/mol. The monoisotopic (exact) mass is 442 g/mol. The second-order valence-electron chi connectivity index (χ2n) is 7.39. The molecule has 0 unspecified atom stereocenters. The van der Waals surface area contributed by atoms with E-state index in [2.05, 4.69) is 20.6 Å². The van der Waals surface area contributed by atoms with Gasteiger partial charge in [0.25, 0.3) is 0 Å². The molecule has 1 N–H and O–H groups in total. The molecule has 0 saturated carbocycles. The minimum absolute atomic E-state index is 0.0797. The van der Waals surface area contributed by atoms with Gasteiger partial charge in [-0.15, -0.1) is 15.3 Å². The van der Waals surface area contributed by atoms with Crippen molar-refractivity contribution in [2.24, 2.45) is 0 Å². The molecule has 5 aromatic rings. The third-order valence-corrected chi connectivity index (χ3v) is 5.25. The number of para-hydroxylation sites is 1. The van der Waals surface area contributed by atoms with E-state index < -0.39 is 0 Å². The number of methoxy groups -OCH3 is 1. The smallest absolute Gasteiger partial charge is 0.240 e. The summed E-state index contributed by atoms with van der Waals surface area (Å²) in [5.74, 6) is 1.70. The van der Waals surface area contributed by atoms with Crippen molar-refractivity contribution in [3.05, 3.63) is 72.9 Å². The second-order valence-corrected chi connectivity index (χ2v) is 7.39. The van der Waals surface area contributed by atoms with E-state index in [1.165, 1.54) is 0 Å². The van der Waals surface area contributed by atoms with Gasteiger partial charge < -0.3 is 19.4 Å². The summed E-state index contributed by atoms with van der Waals surface area (Å²) in [6.45, 7) is 0.908. The van der Waals surface area contributed by atoms with Crippen LogP contribution in [0, 0.1) is 0 Å². The van der Waals surface area contributed by atoms with Crippen molar-refractivity contribution in [3.63, 3.8) is 0 Å². The molecule has 0 bridgehead atoms. The number of benzene rings is 2. The lowest BCUT2D eigenvalue weighted by Gasteiger charge is -2.09. The van der Waals surface area contributed by atoms with Crippen molar-refractivity contribution in [1.82, 2.24) is 29.7 Å². The van der Waals surface area contributed by atoms with E-state index >= 15 is 0 Å². The van der Waals surface area contributed by atoms with Crippen LogP contribution in [0.5, 0.6) is 11.6 Å². The van der Waals surface area contributed by atoms with Gasteiger partial charge in [0.1, 0.15) is 18.9 Å². The summed E-state index contributed by atoms with van der Waals surface area (Å²) in [5.41, 5.74) is 2.50. The summed E-state index contributed by atoms with van der Waals surface area (Å²) in [5, 5.41) is 16.9. The summed E-state index contributed by atoms with van der Waals surface area (Å²) in [7, 11) is 1.62. The molecule has 0 spiro atoms. The molecule has 9 heteroatoms. The molecule has 0 fully saturated rings. The molecule has 3 aromatic heterocycles. The lowest BCUT2D eigenvalue weighted by atomic mass is 10.2. The van der Waals surface area contributed by atoms with Crippen LogP contribution in [0.2, 0.25) is 0 Å². The van der Waals surface area contributed by atoms with Crippen LogP contribution in [-0.2, 0) is 11.3 Å². The van der Waals surface area contributed by atoms with Crippen molar-refractivity contribution in [3.8, 4) is 23.0 Å². The van der Waals surface area contributed by atoms with Crippen LogP contribution in [0.15, 0.2) is 72.9 Å². The number of ether oxygens (including phenoxy) is 2. The van der Waals surface area contributed by atoms with Gasteiger partial charge in [-0.1, -0.05) is 18.2 Å². The van der Waals surface area contributed by atoms with Crippen LogP contribution < -0.4 is 14.8 Å². The summed E-state index contributed by atoms with van der Waals surface area (Å²) >= 11 is 0. The quantitative estimate of drug-likeness (QED) is 0.371. The van der Waals surface area contributed by atoms with E-state index in [1.807, 2.05) is 65.4 Å². The molecule has 33 heavy (non-hydrogen) atoms. The van der Waals surface area contributed by atoms with Gasteiger partial charge in [0.2, 0.25) is 11.8 Å². The fraction of sp³-hybridized carbons (Fsp3) is 0.167. The van der Waals surface area contributed by atoms with E-state index in [0.717, 1.165) is 22.2 Å². The van der Waals surface area contributed by atoms with Crippen LogP contribution in [0.4, 0.5) is 0 Å². The van der Waals surface area contributed by atoms with E-state index in [4.69, 9.17) is 9.47 Å². The highest BCUT2D eigenvalue weighted by Crippen LogP contribution is 2.22. The van der Waals surface area contributed by atoms with E-state index in [-0.39, 0.29) is 19.1 Å². The van der Waals surface area contributed by atoms with E-state index in [9.17, 15) is 4.79 Å². The standard InChI is InChI=1S/C24H22N6O3/c1-32-19-8-6-18(7-9-19)24-27-26-21-10-11-23(28-30(21)24)33-15-13-25-22(31)16-29-14-12-17-4-2-3-5-20(17)29/h2-12,14H,13,15-16H2,1H3,(H,25,31). The molecule has 0 aliphatic rings. The Morgan fingerprint density at radius 3 is 2.70 bits per heavy atom. The van der Waals surface area contributed by atoms with Crippen LogP contribution in [0.25, 0.3) is 27.9 Å². The maximum Gasteiger partial charge on any atom is 0.240 e.